The Hall–Kier alpha value is -1.42. The van der Waals surface area contributed by atoms with Gasteiger partial charge < -0.3 is 10.2 Å². The Morgan fingerprint density at radius 2 is 2.47 bits per heavy atom. The van der Waals surface area contributed by atoms with E-state index in [9.17, 15) is 4.79 Å². The number of ketones is 1. The van der Waals surface area contributed by atoms with Gasteiger partial charge in [0.05, 0.1) is 5.56 Å². The fraction of sp³-hybridized carbons (Fsp3) is 0.538. The fourth-order valence-corrected chi connectivity index (χ4v) is 2.19. The van der Waals surface area contributed by atoms with Crippen LogP contribution in [0.4, 0.5) is 5.82 Å². The number of anilines is 1. The van der Waals surface area contributed by atoms with E-state index in [-0.39, 0.29) is 5.78 Å². The van der Waals surface area contributed by atoms with E-state index in [1.54, 1.807) is 6.20 Å². The van der Waals surface area contributed by atoms with Crippen molar-refractivity contribution in [3.05, 3.63) is 23.9 Å². The molecule has 92 valence electrons. The summed E-state index contributed by atoms with van der Waals surface area (Å²) in [5.74, 6) is 1.01. The molecule has 1 aromatic heterocycles. The van der Waals surface area contributed by atoms with Crippen LogP contribution >= 0.6 is 0 Å². The Morgan fingerprint density at radius 1 is 1.65 bits per heavy atom. The van der Waals surface area contributed by atoms with E-state index in [1.807, 2.05) is 19.1 Å². The summed E-state index contributed by atoms with van der Waals surface area (Å²) < 4.78 is 0. The minimum absolute atomic E-state index is 0.166. The number of hydrogen-bond acceptors (Lipinski definition) is 4. The van der Waals surface area contributed by atoms with Gasteiger partial charge in [0.15, 0.2) is 5.78 Å². The molecular formula is C13H19N3O. The zero-order valence-corrected chi connectivity index (χ0v) is 10.4. The molecule has 1 aliphatic rings. The summed E-state index contributed by atoms with van der Waals surface area (Å²) in [5.41, 5.74) is 0.753. The van der Waals surface area contributed by atoms with Crippen LogP contribution < -0.4 is 10.2 Å². The fourth-order valence-electron chi connectivity index (χ4n) is 2.19. The number of nitrogens with one attached hydrogen (secondary N) is 1. The van der Waals surface area contributed by atoms with Crippen molar-refractivity contribution in [3.63, 3.8) is 0 Å². The summed E-state index contributed by atoms with van der Waals surface area (Å²) in [6, 6.07) is 4.09. The molecule has 0 bridgehead atoms. The maximum absolute atomic E-state index is 11.9. The Balaban J connectivity index is 2.33. The minimum Gasteiger partial charge on any atom is -0.351 e. The molecular weight excluding hydrogens is 214 g/mol. The number of carbonyl (C=O) groups is 1. The third kappa shape index (κ3) is 2.47. The third-order valence-corrected chi connectivity index (χ3v) is 3.18. The molecule has 0 aromatic carbocycles. The average molecular weight is 233 g/mol. The second kappa shape index (κ2) is 5.27. The molecule has 0 radical (unpaired) electrons. The van der Waals surface area contributed by atoms with Gasteiger partial charge in [0, 0.05) is 38.3 Å². The first-order valence-corrected chi connectivity index (χ1v) is 6.19. The van der Waals surface area contributed by atoms with Crippen LogP contribution in [-0.4, -0.2) is 36.4 Å². The number of rotatable bonds is 3. The third-order valence-electron chi connectivity index (χ3n) is 3.18. The molecule has 1 aromatic rings. The monoisotopic (exact) mass is 233 g/mol. The smallest absolute Gasteiger partial charge is 0.166 e. The van der Waals surface area contributed by atoms with E-state index in [0.29, 0.717) is 12.5 Å². The van der Waals surface area contributed by atoms with Crippen LogP contribution in [0.5, 0.6) is 0 Å². The van der Waals surface area contributed by atoms with Crippen LogP contribution in [0.3, 0.4) is 0 Å². The second-order valence-electron chi connectivity index (χ2n) is 4.40. The summed E-state index contributed by atoms with van der Waals surface area (Å²) in [5, 5.41) is 3.34. The lowest BCUT2D eigenvalue weighted by Gasteiger charge is -2.35. The molecule has 1 N–H and O–H groups in total. The van der Waals surface area contributed by atoms with Gasteiger partial charge in [-0.3, -0.25) is 4.79 Å². The molecule has 1 aliphatic heterocycles. The SMILES string of the molecule is CCC(=O)c1cccnc1N1CCNC[C@H]1C. The molecule has 0 aliphatic carbocycles. The van der Waals surface area contributed by atoms with Gasteiger partial charge >= 0.3 is 0 Å². The van der Waals surface area contributed by atoms with Gasteiger partial charge in [0.2, 0.25) is 0 Å². The molecule has 2 rings (SSSR count). The van der Waals surface area contributed by atoms with E-state index in [2.05, 4.69) is 22.1 Å². The first kappa shape index (κ1) is 12.0. The van der Waals surface area contributed by atoms with Crippen LogP contribution in [0.1, 0.15) is 30.6 Å². The maximum Gasteiger partial charge on any atom is 0.166 e. The lowest BCUT2D eigenvalue weighted by atomic mass is 10.1. The van der Waals surface area contributed by atoms with Crippen LogP contribution in [0.15, 0.2) is 18.3 Å². The zero-order chi connectivity index (χ0) is 12.3. The van der Waals surface area contributed by atoms with E-state index < -0.39 is 0 Å². The van der Waals surface area contributed by atoms with Crippen molar-refractivity contribution < 1.29 is 4.79 Å². The van der Waals surface area contributed by atoms with Crippen molar-refractivity contribution in [2.75, 3.05) is 24.5 Å². The predicted octanol–water partition coefficient (Wildman–Crippen LogP) is 1.47. The molecule has 0 spiro atoms. The summed E-state index contributed by atoms with van der Waals surface area (Å²) in [7, 11) is 0. The molecule has 0 unspecified atom stereocenters. The molecule has 0 saturated carbocycles. The van der Waals surface area contributed by atoms with Crippen molar-refractivity contribution in [3.8, 4) is 0 Å². The Bertz CT molecular complexity index is 405. The standard InChI is InChI=1S/C13H19N3O/c1-3-12(17)11-5-4-6-15-13(11)16-8-7-14-9-10(16)2/h4-6,10,14H,3,7-9H2,1-2H3/t10-/m1/s1. The molecule has 1 saturated heterocycles. The van der Waals surface area contributed by atoms with Gasteiger partial charge in [-0.1, -0.05) is 6.92 Å². The number of Topliss-reactive ketones (excluding diaryl/α,β-unsaturated/α-hetero) is 1. The zero-order valence-electron chi connectivity index (χ0n) is 10.4. The normalized spacial score (nSPS) is 20.4. The molecule has 4 heteroatoms. The van der Waals surface area contributed by atoms with Gasteiger partial charge in [-0.25, -0.2) is 4.98 Å². The molecule has 2 heterocycles. The molecule has 1 fully saturated rings. The van der Waals surface area contributed by atoms with E-state index in [4.69, 9.17) is 0 Å². The van der Waals surface area contributed by atoms with Crippen molar-refractivity contribution >= 4 is 11.6 Å². The summed E-state index contributed by atoms with van der Waals surface area (Å²) >= 11 is 0. The van der Waals surface area contributed by atoms with Gasteiger partial charge in [-0.15, -0.1) is 0 Å². The average Bonchev–Trinajstić information content (AvgIpc) is 2.38. The molecule has 17 heavy (non-hydrogen) atoms. The highest BCUT2D eigenvalue weighted by molar-refractivity contribution is 6.00. The number of nitrogens with zero attached hydrogens (tertiary/aromatic N) is 2. The first-order valence-electron chi connectivity index (χ1n) is 6.19. The number of carbonyl (C=O) groups excluding carboxylic acids is 1. The largest absolute Gasteiger partial charge is 0.351 e. The molecule has 1 atom stereocenters. The van der Waals surface area contributed by atoms with Gasteiger partial charge in [-0.05, 0) is 19.1 Å². The Labute approximate surface area is 102 Å². The maximum atomic E-state index is 11.9. The first-order chi connectivity index (χ1) is 8.24. The van der Waals surface area contributed by atoms with Crippen molar-refractivity contribution in [1.82, 2.24) is 10.3 Å². The Morgan fingerprint density at radius 3 is 3.18 bits per heavy atom. The van der Waals surface area contributed by atoms with E-state index in [1.165, 1.54) is 0 Å². The van der Waals surface area contributed by atoms with Crippen LogP contribution in [-0.2, 0) is 0 Å². The van der Waals surface area contributed by atoms with E-state index in [0.717, 1.165) is 31.0 Å². The number of hydrogen-bond donors (Lipinski definition) is 1. The summed E-state index contributed by atoms with van der Waals surface area (Å²) in [4.78, 5) is 18.5. The number of piperazine rings is 1. The minimum atomic E-state index is 0.166. The highest BCUT2D eigenvalue weighted by Crippen LogP contribution is 2.21. The highest BCUT2D eigenvalue weighted by Gasteiger charge is 2.23. The number of pyridine rings is 1. The Kier molecular flexibility index (Phi) is 3.74. The number of aromatic nitrogens is 1. The predicted molar refractivity (Wildman–Crippen MR) is 68.5 cm³/mol. The van der Waals surface area contributed by atoms with Gasteiger partial charge in [-0.2, -0.15) is 0 Å². The summed E-state index contributed by atoms with van der Waals surface area (Å²) in [6.07, 6.45) is 2.29. The molecule has 4 nitrogen and oxygen atoms in total. The van der Waals surface area contributed by atoms with Crippen molar-refractivity contribution in [2.45, 2.75) is 26.3 Å². The second-order valence-corrected chi connectivity index (χ2v) is 4.40. The van der Waals surface area contributed by atoms with Crippen LogP contribution in [0, 0.1) is 0 Å². The lowest BCUT2D eigenvalue weighted by Crippen LogP contribution is -2.50. The quantitative estimate of drug-likeness (QED) is 0.803. The highest BCUT2D eigenvalue weighted by atomic mass is 16.1. The van der Waals surface area contributed by atoms with Crippen LogP contribution in [0.25, 0.3) is 0 Å². The van der Waals surface area contributed by atoms with Crippen molar-refractivity contribution in [1.29, 1.82) is 0 Å². The summed E-state index contributed by atoms with van der Waals surface area (Å²) in [6.45, 7) is 6.83. The van der Waals surface area contributed by atoms with E-state index >= 15 is 0 Å². The van der Waals surface area contributed by atoms with Crippen molar-refractivity contribution in [2.24, 2.45) is 0 Å². The van der Waals surface area contributed by atoms with Gasteiger partial charge in [0.25, 0.3) is 0 Å². The van der Waals surface area contributed by atoms with Gasteiger partial charge in [0.1, 0.15) is 5.82 Å². The lowest BCUT2D eigenvalue weighted by molar-refractivity contribution is 0.0988. The molecule has 0 amide bonds. The topological polar surface area (TPSA) is 45.2 Å². The van der Waals surface area contributed by atoms with Crippen LogP contribution in [0.2, 0.25) is 0 Å².